The maximum absolute atomic E-state index is 6.02. The molecule has 74 valence electrons. The lowest BCUT2D eigenvalue weighted by Crippen LogP contribution is -2.28. The van der Waals surface area contributed by atoms with Crippen LogP contribution in [0.4, 0.5) is 0 Å². The molecule has 0 amide bonds. The molecule has 2 nitrogen and oxygen atoms in total. The molecule has 14 heavy (non-hydrogen) atoms. The molecule has 2 aromatic rings. The largest absolute Gasteiger partial charge is 0.360 e. The summed E-state index contributed by atoms with van der Waals surface area (Å²) in [6.45, 7) is 3.96. The van der Waals surface area contributed by atoms with E-state index in [0.29, 0.717) is 0 Å². The monoisotopic (exact) mass is 208 g/mol. The van der Waals surface area contributed by atoms with Gasteiger partial charge in [0.05, 0.1) is 5.02 Å². The average Bonchev–Trinajstić information content (AvgIpc) is 2.46. The van der Waals surface area contributed by atoms with Gasteiger partial charge in [-0.25, -0.2) is 0 Å². The Balaban J connectivity index is 2.66. The molecule has 0 atom stereocenters. The van der Waals surface area contributed by atoms with E-state index in [1.807, 2.05) is 32.0 Å². The molecule has 0 aliphatic rings. The first-order chi connectivity index (χ1) is 6.48. The van der Waals surface area contributed by atoms with Crippen LogP contribution in [0.1, 0.15) is 19.4 Å². The second-order valence-corrected chi connectivity index (χ2v) is 4.53. The van der Waals surface area contributed by atoms with Crippen molar-refractivity contribution in [1.29, 1.82) is 0 Å². The van der Waals surface area contributed by atoms with Gasteiger partial charge in [-0.05, 0) is 31.5 Å². The topological polar surface area (TPSA) is 41.8 Å². The molecule has 0 spiro atoms. The first kappa shape index (κ1) is 9.56. The zero-order chi connectivity index (χ0) is 10.3. The van der Waals surface area contributed by atoms with E-state index in [1.165, 1.54) is 0 Å². The van der Waals surface area contributed by atoms with Crippen molar-refractivity contribution < 1.29 is 0 Å². The Morgan fingerprint density at radius 1 is 1.36 bits per heavy atom. The van der Waals surface area contributed by atoms with Crippen LogP contribution in [0.2, 0.25) is 5.02 Å². The van der Waals surface area contributed by atoms with Crippen molar-refractivity contribution in [1.82, 2.24) is 4.98 Å². The van der Waals surface area contributed by atoms with E-state index < -0.39 is 0 Å². The highest BCUT2D eigenvalue weighted by Crippen LogP contribution is 2.27. The molecule has 3 N–H and O–H groups in total. The van der Waals surface area contributed by atoms with Crippen LogP contribution in [0.15, 0.2) is 24.4 Å². The minimum atomic E-state index is -0.325. The molecule has 0 unspecified atom stereocenters. The quantitative estimate of drug-likeness (QED) is 0.743. The maximum Gasteiger partial charge on any atom is 0.0659 e. The first-order valence-corrected chi connectivity index (χ1v) is 4.92. The average molecular weight is 209 g/mol. The van der Waals surface area contributed by atoms with Crippen LogP contribution < -0.4 is 5.73 Å². The number of hydrogen-bond donors (Lipinski definition) is 2. The number of nitrogens with one attached hydrogen (secondary N) is 1. The molecule has 0 saturated heterocycles. The molecule has 3 heteroatoms. The molecule has 1 heterocycles. The molecule has 0 bridgehead atoms. The van der Waals surface area contributed by atoms with Crippen LogP contribution in [-0.2, 0) is 5.54 Å². The van der Waals surface area contributed by atoms with Crippen molar-refractivity contribution in [3.63, 3.8) is 0 Å². The normalized spacial score (nSPS) is 12.3. The van der Waals surface area contributed by atoms with E-state index in [-0.39, 0.29) is 5.54 Å². The minimum absolute atomic E-state index is 0.325. The molecular formula is C11H13ClN2. The number of rotatable bonds is 1. The van der Waals surface area contributed by atoms with E-state index in [0.717, 1.165) is 21.5 Å². The van der Waals surface area contributed by atoms with Crippen molar-refractivity contribution in [3.05, 3.63) is 35.0 Å². The molecular weight excluding hydrogens is 196 g/mol. The number of nitrogens with two attached hydrogens (primary N) is 1. The Morgan fingerprint density at radius 2 is 2.07 bits per heavy atom. The van der Waals surface area contributed by atoms with Crippen LogP contribution in [0, 0.1) is 0 Å². The number of H-pyrrole nitrogens is 1. The summed E-state index contributed by atoms with van der Waals surface area (Å²) in [4.78, 5) is 3.09. The summed E-state index contributed by atoms with van der Waals surface area (Å²) in [5, 5.41) is 1.77. The van der Waals surface area contributed by atoms with E-state index in [9.17, 15) is 0 Å². The van der Waals surface area contributed by atoms with Gasteiger partial charge in [0, 0.05) is 22.6 Å². The minimum Gasteiger partial charge on any atom is -0.360 e. The summed E-state index contributed by atoms with van der Waals surface area (Å²) < 4.78 is 0. The van der Waals surface area contributed by atoms with Crippen molar-refractivity contribution in [2.45, 2.75) is 19.4 Å². The second kappa shape index (κ2) is 3.01. The smallest absolute Gasteiger partial charge is 0.0659 e. The third-order valence-corrected chi connectivity index (χ3v) is 2.69. The number of aromatic amines is 1. The van der Waals surface area contributed by atoms with Gasteiger partial charge in [0.25, 0.3) is 0 Å². The lowest BCUT2D eigenvalue weighted by Gasteiger charge is -2.19. The standard InChI is InChI=1S/C11H13ClN2/c1-11(2,13)7-3-4-10-8(5-7)9(12)6-14-10/h3-6,14H,13H2,1-2H3. The van der Waals surface area contributed by atoms with E-state index in [4.69, 9.17) is 17.3 Å². The van der Waals surface area contributed by atoms with Gasteiger partial charge in [0.15, 0.2) is 0 Å². The Morgan fingerprint density at radius 3 is 2.71 bits per heavy atom. The summed E-state index contributed by atoms with van der Waals surface area (Å²) in [7, 11) is 0. The van der Waals surface area contributed by atoms with Crippen LogP contribution in [-0.4, -0.2) is 4.98 Å². The zero-order valence-corrected chi connectivity index (χ0v) is 9.02. The fraction of sp³-hybridized carbons (Fsp3) is 0.273. The highest BCUT2D eigenvalue weighted by atomic mass is 35.5. The van der Waals surface area contributed by atoms with Crippen LogP contribution in [0.5, 0.6) is 0 Å². The Kier molecular flexibility index (Phi) is 2.05. The second-order valence-electron chi connectivity index (χ2n) is 4.12. The molecule has 0 aliphatic heterocycles. The van der Waals surface area contributed by atoms with Crippen molar-refractivity contribution in [2.24, 2.45) is 5.73 Å². The third-order valence-electron chi connectivity index (χ3n) is 2.38. The van der Waals surface area contributed by atoms with Crippen LogP contribution in [0.3, 0.4) is 0 Å². The van der Waals surface area contributed by atoms with Crippen molar-refractivity contribution >= 4 is 22.5 Å². The van der Waals surface area contributed by atoms with Gasteiger partial charge < -0.3 is 10.7 Å². The SMILES string of the molecule is CC(C)(N)c1ccc2[nH]cc(Cl)c2c1. The molecule has 0 saturated carbocycles. The van der Waals surface area contributed by atoms with E-state index in [2.05, 4.69) is 4.98 Å². The Bertz CT molecular complexity index is 466. The molecule has 1 aromatic carbocycles. The number of aromatic nitrogens is 1. The maximum atomic E-state index is 6.02. The zero-order valence-electron chi connectivity index (χ0n) is 8.26. The summed E-state index contributed by atoms with van der Waals surface area (Å²) in [6, 6.07) is 6.06. The fourth-order valence-electron chi connectivity index (χ4n) is 1.49. The molecule has 1 aromatic heterocycles. The van der Waals surface area contributed by atoms with Crippen LogP contribution >= 0.6 is 11.6 Å². The summed E-state index contributed by atoms with van der Waals surface area (Å²) in [5.74, 6) is 0. The Labute approximate surface area is 88.1 Å². The lowest BCUT2D eigenvalue weighted by molar-refractivity contribution is 0.555. The van der Waals surface area contributed by atoms with Gasteiger partial charge in [-0.15, -0.1) is 0 Å². The van der Waals surface area contributed by atoms with Gasteiger partial charge >= 0.3 is 0 Å². The van der Waals surface area contributed by atoms with Gasteiger partial charge in [-0.2, -0.15) is 0 Å². The molecule has 0 radical (unpaired) electrons. The molecule has 0 fully saturated rings. The first-order valence-electron chi connectivity index (χ1n) is 4.54. The van der Waals surface area contributed by atoms with Crippen molar-refractivity contribution in [3.8, 4) is 0 Å². The van der Waals surface area contributed by atoms with Crippen molar-refractivity contribution in [2.75, 3.05) is 0 Å². The number of benzene rings is 1. The number of fused-ring (bicyclic) bond motifs is 1. The summed E-state index contributed by atoms with van der Waals surface area (Å²) in [6.07, 6.45) is 1.79. The molecule has 2 rings (SSSR count). The van der Waals surface area contributed by atoms with Gasteiger partial charge in [-0.3, -0.25) is 0 Å². The fourth-order valence-corrected chi connectivity index (χ4v) is 1.70. The van der Waals surface area contributed by atoms with Crippen LogP contribution in [0.25, 0.3) is 10.9 Å². The highest BCUT2D eigenvalue weighted by Gasteiger charge is 2.14. The Hall–Kier alpha value is -0.990. The van der Waals surface area contributed by atoms with E-state index >= 15 is 0 Å². The predicted molar refractivity (Wildman–Crippen MR) is 60.5 cm³/mol. The van der Waals surface area contributed by atoms with Gasteiger partial charge in [-0.1, -0.05) is 17.7 Å². The number of hydrogen-bond acceptors (Lipinski definition) is 1. The molecule has 0 aliphatic carbocycles. The van der Waals surface area contributed by atoms with Gasteiger partial charge in [0.1, 0.15) is 0 Å². The summed E-state index contributed by atoms with van der Waals surface area (Å²) >= 11 is 6.02. The van der Waals surface area contributed by atoms with Gasteiger partial charge in [0.2, 0.25) is 0 Å². The predicted octanol–water partition coefficient (Wildman–Crippen LogP) is 3.02. The number of halogens is 1. The summed E-state index contributed by atoms with van der Waals surface area (Å²) in [5.41, 5.74) is 7.82. The van der Waals surface area contributed by atoms with E-state index in [1.54, 1.807) is 6.20 Å². The third kappa shape index (κ3) is 1.51. The lowest BCUT2D eigenvalue weighted by atomic mass is 9.95. The highest BCUT2D eigenvalue weighted by molar-refractivity contribution is 6.35.